The summed E-state index contributed by atoms with van der Waals surface area (Å²) in [4.78, 5) is 25.1. The third kappa shape index (κ3) is 4.28. The molecule has 0 radical (unpaired) electrons. The molecule has 0 aromatic heterocycles. The van der Waals surface area contributed by atoms with Crippen LogP contribution in [-0.2, 0) is 0 Å². The first kappa shape index (κ1) is 18.7. The highest BCUT2D eigenvalue weighted by atomic mass is 35.5. The van der Waals surface area contributed by atoms with Crippen LogP contribution in [-0.4, -0.2) is 11.8 Å². The third-order valence-corrected chi connectivity index (χ3v) is 4.85. The average Bonchev–Trinajstić information content (AvgIpc) is 2.76. The van der Waals surface area contributed by atoms with Crippen molar-refractivity contribution in [3.05, 3.63) is 107 Å². The maximum absolute atomic E-state index is 12.7. The monoisotopic (exact) mass is 400 g/mol. The molecule has 0 unspecified atom stereocenters. The Labute approximate surface area is 173 Å². The van der Waals surface area contributed by atoms with Crippen molar-refractivity contribution >= 4 is 45.6 Å². The van der Waals surface area contributed by atoms with Gasteiger partial charge < -0.3 is 10.6 Å². The first-order chi connectivity index (χ1) is 14.1. The van der Waals surface area contributed by atoms with E-state index < -0.39 is 0 Å². The zero-order valence-electron chi connectivity index (χ0n) is 15.4. The summed E-state index contributed by atoms with van der Waals surface area (Å²) in [5.74, 6) is -0.510. The number of nitrogens with one attached hydrogen (secondary N) is 2. The van der Waals surface area contributed by atoms with E-state index in [1.54, 1.807) is 48.5 Å². The van der Waals surface area contributed by atoms with Gasteiger partial charge in [0.2, 0.25) is 0 Å². The molecular formula is C24H17ClN2O2. The molecule has 142 valence electrons. The zero-order valence-corrected chi connectivity index (χ0v) is 16.1. The fourth-order valence-corrected chi connectivity index (χ4v) is 3.18. The Kier molecular flexibility index (Phi) is 5.27. The van der Waals surface area contributed by atoms with Crippen molar-refractivity contribution in [2.24, 2.45) is 0 Å². The number of rotatable bonds is 4. The zero-order chi connectivity index (χ0) is 20.2. The fourth-order valence-electron chi connectivity index (χ4n) is 3.02. The van der Waals surface area contributed by atoms with Gasteiger partial charge in [-0.25, -0.2) is 0 Å². The van der Waals surface area contributed by atoms with E-state index in [-0.39, 0.29) is 11.8 Å². The van der Waals surface area contributed by atoms with Crippen LogP contribution in [0, 0.1) is 0 Å². The molecule has 0 spiro atoms. The quantitative estimate of drug-likeness (QED) is 0.441. The highest BCUT2D eigenvalue weighted by molar-refractivity contribution is 6.34. The van der Waals surface area contributed by atoms with E-state index in [1.165, 1.54) is 0 Å². The second kappa shape index (κ2) is 8.17. The Hall–Kier alpha value is -3.63. The van der Waals surface area contributed by atoms with E-state index in [0.717, 1.165) is 10.8 Å². The van der Waals surface area contributed by atoms with Gasteiger partial charge in [0.05, 0.1) is 10.7 Å². The summed E-state index contributed by atoms with van der Waals surface area (Å²) < 4.78 is 0. The summed E-state index contributed by atoms with van der Waals surface area (Å²) >= 11 is 6.22. The molecule has 2 amide bonds. The summed E-state index contributed by atoms with van der Waals surface area (Å²) in [6.45, 7) is 0. The van der Waals surface area contributed by atoms with E-state index in [0.29, 0.717) is 27.5 Å². The standard InChI is InChI=1S/C24H17ClN2O2/c25-21-13-12-20(15-22(21)27-23(28)17-7-2-1-3-8-17)26-24(29)19-11-10-16-6-4-5-9-18(16)14-19/h1-15H,(H,26,29)(H,27,28). The highest BCUT2D eigenvalue weighted by Gasteiger charge is 2.11. The fraction of sp³-hybridized carbons (Fsp3) is 0. The lowest BCUT2D eigenvalue weighted by Crippen LogP contribution is -2.14. The number of carbonyl (C=O) groups excluding carboxylic acids is 2. The van der Waals surface area contributed by atoms with Gasteiger partial charge in [0.15, 0.2) is 0 Å². The van der Waals surface area contributed by atoms with Crippen LogP contribution in [0.5, 0.6) is 0 Å². The maximum Gasteiger partial charge on any atom is 0.255 e. The van der Waals surface area contributed by atoms with Crippen LogP contribution in [0.25, 0.3) is 10.8 Å². The lowest BCUT2D eigenvalue weighted by molar-refractivity contribution is 0.101. The molecule has 0 heterocycles. The molecule has 0 aliphatic heterocycles. The molecule has 0 saturated carbocycles. The summed E-state index contributed by atoms with van der Waals surface area (Å²) in [5.41, 5.74) is 2.04. The van der Waals surface area contributed by atoms with E-state index in [9.17, 15) is 9.59 Å². The summed E-state index contributed by atoms with van der Waals surface area (Å²) in [5, 5.41) is 8.09. The van der Waals surface area contributed by atoms with Crippen LogP contribution in [0.2, 0.25) is 5.02 Å². The topological polar surface area (TPSA) is 58.2 Å². The number of anilines is 2. The molecule has 0 saturated heterocycles. The molecule has 0 bridgehead atoms. The Balaban J connectivity index is 1.53. The second-order valence-corrected chi connectivity index (χ2v) is 6.94. The predicted molar refractivity (Wildman–Crippen MR) is 118 cm³/mol. The van der Waals surface area contributed by atoms with Gasteiger partial charge in [-0.15, -0.1) is 0 Å². The number of benzene rings is 4. The minimum Gasteiger partial charge on any atom is -0.322 e. The van der Waals surface area contributed by atoms with E-state index in [1.807, 2.05) is 42.5 Å². The van der Waals surface area contributed by atoms with Gasteiger partial charge in [-0.05, 0) is 53.2 Å². The van der Waals surface area contributed by atoms with Gasteiger partial charge in [-0.2, -0.15) is 0 Å². The van der Waals surface area contributed by atoms with Gasteiger partial charge in [0, 0.05) is 16.8 Å². The molecule has 4 rings (SSSR count). The Morgan fingerprint density at radius 1 is 0.621 bits per heavy atom. The first-order valence-corrected chi connectivity index (χ1v) is 9.44. The third-order valence-electron chi connectivity index (χ3n) is 4.52. The number of carbonyl (C=O) groups is 2. The van der Waals surface area contributed by atoms with Crippen molar-refractivity contribution in [2.75, 3.05) is 10.6 Å². The number of fused-ring (bicyclic) bond motifs is 1. The van der Waals surface area contributed by atoms with Crippen molar-refractivity contribution in [2.45, 2.75) is 0 Å². The normalized spacial score (nSPS) is 10.5. The van der Waals surface area contributed by atoms with E-state index in [2.05, 4.69) is 10.6 Å². The second-order valence-electron chi connectivity index (χ2n) is 6.53. The molecule has 29 heavy (non-hydrogen) atoms. The molecule has 0 fully saturated rings. The van der Waals surface area contributed by atoms with Crippen LogP contribution in [0.3, 0.4) is 0 Å². The SMILES string of the molecule is O=C(Nc1ccc(Cl)c(NC(=O)c2ccccc2)c1)c1ccc2ccccc2c1. The smallest absolute Gasteiger partial charge is 0.255 e. The Bertz CT molecular complexity index is 1210. The Morgan fingerprint density at radius 2 is 1.31 bits per heavy atom. The lowest BCUT2D eigenvalue weighted by atomic mass is 10.1. The molecule has 0 atom stereocenters. The van der Waals surface area contributed by atoms with Crippen LogP contribution >= 0.6 is 11.6 Å². The van der Waals surface area contributed by atoms with Crippen molar-refractivity contribution in [3.8, 4) is 0 Å². The van der Waals surface area contributed by atoms with Gasteiger partial charge in [-0.1, -0.05) is 60.1 Å². The number of hydrogen-bond donors (Lipinski definition) is 2. The van der Waals surface area contributed by atoms with Crippen molar-refractivity contribution in [1.82, 2.24) is 0 Å². The predicted octanol–water partition coefficient (Wildman–Crippen LogP) is 6.00. The Morgan fingerprint density at radius 3 is 2.10 bits per heavy atom. The number of halogens is 1. The molecule has 2 N–H and O–H groups in total. The molecule has 0 aliphatic rings. The lowest BCUT2D eigenvalue weighted by Gasteiger charge is -2.11. The summed E-state index contributed by atoms with van der Waals surface area (Å²) in [7, 11) is 0. The molecule has 5 heteroatoms. The van der Waals surface area contributed by atoms with Gasteiger partial charge in [0.25, 0.3) is 11.8 Å². The number of hydrogen-bond acceptors (Lipinski definition) is 2. The largest absolute Gasteiger partial charge is 0.322 e. The van der Waals surface area contributed by atoms with Crippen LogP contribution in [0.4, 0.5) is 11.4 Å². The number of amides is 2. The minimum atomic E-state index is -0.273. The summed E-state index contributed by atoms with van der Waals surface area (Å²) in [6.07, 6.45) is 0. The van der Waals surface area contributed by atoms with Crippen molar-refractivity contribution in [1.29, 1.82) is 0 Å². The van der Waals surface area contributed by atoms with Crippen LogP contribution in [0.15, 0.2) is 91.0 Å². The van der Waals surface area contributed by atoms with Crippen LogP contribution < -0.4 is 10.6 Å². The highest BCUT2D eigenvalue weighted by Crippen LogP contribution is 2.27. The van der Waals surface area contributed by atoms with Gasteiger partial charge in [-0.3, -0.25) is 9.59 Å². The first-order valence-electron chi connectivity index (χ1n) is 9.06. The molecule has 4 aromatic carbocycles. The van der Waals surface area contributed by atoms with Crippen LogP contribution in [0.1, 0.15) is 20.7 Å². The van der Waals surface area contributed by atoms with Gasteiger partial charge in [0.1, 0.15) is 0 Å². The van der Waals surface area contributed by atoms with E-state index >= 15 is 0 Å². The molecule has 0 aliphatic carbocycles. The van der Waals surface area contributed by atoms with Crippen molar-refractivity contribution in [3.63, 3.8) is 0 Å². The maximum atomic E-state index is 12.7. The minimum absolute atomic E-state index is 0.238. The van der Waals surface area contributed by atoms with Crippen molar-refractivity contribution < 1.29 is 9.59 Å². The molecule has 4 nitrogen and oxygen atoms in total. The van der Waals surface area contributed by atoms with Gasteiger partial charge >= 0.3 is 0 Å². The van der Waals surface area contributed by atoms with E-state index in [4.69, 9.17) is 11.6 Å². The molecule has 4 aromatic rings. The summed E-state index contributed by atoms with van der Waals surface area (Å²) in [6, 6.07) is 27.2. The molecular weight excluding hydrogens is 384 g/mol. The average molecular weight is 401 g/mol.